The Kier molecular flexibility index (Phi) is 3.42. The number of nitrogens with zero attached hydrogens (tertiary/aromatic N) is 2. The molecule has 3 nitrogen and oxygen atoms in total. The Morgan fingerprint density at radius 3 is 2.58 bits per heavy atom. The van der Waals surface area contributed by atoms with Crippen molar-refractivity contribution in [2.45, 2.75) is 77.3 Å². The van der Waals surface area contributed by atoms with E-state index in [9.17, 15) is 0 Å². The van der Waals surface area contributed by atoms with Gasteiger partial charge in [0.05, 0.1) is 5.69 Å². The van der Waals surface area contributed by atoms with Crippen molar-refractivity contribution in [1.82, 2.24) is 14.9 Å². The fourth-order valence-corrected chi connectivity index (χ4v) is 3.59. The monoisotopic (exact) mass is 261 g/mol. The Balaban J connectivity index is 2.05. The molecular formula is C16H27N3. The molecule has 2 aliphatic rings. The van der Waals surface area contributed by atoms with Crippen LogP contribution in [0.5, 0.6) is 0 Å². The van der Waals surface area contributed by atoms with Crippen molar-refractivity contribution >= 4 is 0 Å². The number of fused-ring (bicyclic) bond motifs is 1. The van der Waals surface area contributed by atoms with Crippen molar-refractivity contribution in [3.05, 3.63) is 17.2 Å². The zero-order valence-corrected chi connectivity index (χ0v) is 12.6. The van der Waals surface area contributed by atoms with Gasteiger partial charge in [0.1, 0.15) is 5.82 Å². The van der Waals surface area contributed by atoms with E-state index in [1.54, 1.807) is 0 Å². The van der Waals surface area contributed by atoms with Crippen molar-refractivity contribution in [1.29, 1.82) is 0 Å². The quantitative estimate of drug-likeness (QED) is 0.840. The normalized spacial score (nSPS) is 21.4. The second-order valence-corrected chi connectivity index (χ2v) is 7.17. The van der Waals surface area contributed by atoms with E-state index < -0.39 is 0 Å². The van der Waals surface area contributed by atoms with Crippen LogP contribution in [0.3, 0.4) is 0 Å². The van der Waals surface area contributed by atoms with Gasteiger partial charge in [-0.1, -0.05) is 40.0 Å². The number of imidazole rings is 1. The second-order valence-electron chi connectivity index (χ2n) is 7.17. The summed E-state index contributed by atoms with van der Waals surface area (Å²) in [4.78, 5) is 5.00. The van der Waals surface area contributed by atoms with Crippen LogP contribution in [0.4, 0.5) is 0 Å². The predicted molar refractivity (Wildman–Crippen MR) is 78.5 cm³/mol. The van der Waals surface area contributed by atoms with Crippen molar-refractivity contribution in [3.8, 4) is 0 Å². The third-order valence-corrected chi connectivity index (χ3v) is 4.53. The van der Waals surface area contributed by atoms with Gasteiger partial charge in [0.25, 0.3) is 0 Å². The van der Waals surface area contributed by atoms with Gasteiger partial charge in [-0.25, -0.2) is 4.98 Å². The van der Waals surface area contributed by atoms with Gasteiger partial charge in [0.15, 0.2) is 0 Å². The molecule has 106 valence electrons. The lowest BCUT2D eigenvalue weighted by Crippen LogP contribution is -2.28. The molecule has 1 aromatic heterocycles. The van der Waals surface area contributed by atoms with Crippen LogP contribution in [-0.4, -0.2) is 16.1 Å². The molecule has 0 atom stereocenters. The van der Waals surface area contributed by atoms with E-state index in [1.807, 2.05) is 0 Å². The summed E-state index contributed by atoms with van der Waals surface area (Å²) in [5.74, 6) is 1.31. The molecule has 1 fully saturated rings. The summed E-state index contributed by atoms with van der Waals surface area (Å²) in [7, 11) is 0. The summed E-state index contributed by atoms with van der Waals surface area (Å²) in [6.45, 7) is 8.96. The smallest absolute Gasteiger partial charge is 0.114 e. The van der Waals surface area contributed by atoms with Gasteiger partial charge in [0, 0.05) is 36.7 Å². The van der Waals surface area contributed by atoms with Crippen LogP contribution >= 0.6 is 0 Å². The van der Waals surface area contributed by atoms with Crippen LogP contribution in [0.1, 0.15) is 76.1 Å². The van der Waals surface area contributed by atoms with Crippen LogP contribution in [0, 0.1) is 0 Å². The van der Waals surface area contributed by atoms with Gasteiger partial charge >= 0.3 is 0 Å². The predicted octanol–water partition coefficient (Wildman–Crippen LogP) is 3.33. The van der Waals surface area contributed by atoms with Crippen molar-refractivity contribution < 1.29 is 0 Å². The maximum Gasteiger partial charge on any atom is 0.114 e. The third-order valence-electron chi connectivity index (χ3n) is 4.53. The summed E-state index contributed by atoms with van der Waals surface area (Å²) in [6.07, 6.45) is 8.03. The Morgan fingerprint density at radius 2 is 1.89 bits per heavy atom. The highest BCUT2D eigenvalue weighted by molar-refractivity contribution is 5.24. The molecule has 3 heteroatoms. The minimum atomic E-state index is 0.148. The van der Waals surface area contributed by atoms with Crippen LogP contribution in [-0.2, 0) is 18.4 Å². The van der Waals surface area contributed by atoms with Crippen LogP contribution < -0.4 is 5.32 Å². The average Bonchev–Trinajstić information content (AvgIpc) is 2.79. The van der Waals surface area contributed by atoms with E-state index in [1.165, 1.54) is 49.3 Å². The van der Waals surface area contributed by atoms with E-state index in [-0.39, 0.29) is 5.41 Å². The summed E-state index contributed by atoms with van der Waals surface area (Å²) in [6, 6.07) is 0.706. The topological polar surface area (TPSA) is 29.9 Å². The summed E-state index contributed by atoms with van der Waals surface area (Å²) < 4.78 is 2.63. The zero-order valence-electron chi connectivity index (χ0n) is 12.6. The minimum absolute atomic E-state index is 0.148. The molecule has 0 amide bonds. The summed E-state index contributed by atoms with van der Waals surface area (Å²) >= 11 is 0. The van der Waals surface area contributed by atoms with Gasteiger partial charge in [-0.2, -0.15) is 0 Å². The maximum atomic E-state index is 5.00. The number of aromatic nitrogens is 2. The molecule has 2 heterocycles. The number of rotatable bonds is 1. The number of hydrogen-bond donors (Lipinski definition) is 1. The molecule has 1 saturated carbocycles. The minimum Gasteiger partial charge on any atom is -0.328 e. The van der Waals surface area contributed by atoms with Crippen molar-refractivity contribution in [3.63, 3.8) is 0 Å². The summed E-state index contributed by atoms with van der Waals surface area (Å²) in [5.41, 5.74) is 2.98. The first-order valence-corrected chi connectivity index (χ1v) is 7.88. The van der Waals surface area contributed by atoms with Gasteiger partial charge in [-0.15, -0.1) is 0 Å². The molecule has 1 aliphatic heterocycles. The van der Waals surface area contributed by atoms with Gasteiger partial charge in [-0.3, -0.25) is 0 Å². The molecule has 0 spiro atoms. The van der Waals surface area contributed by atoms with E-state index in [0.29, 0.717) is 6.04 Å². The molecule has 0 bridgehead atoms. The van der Waals surface area contributed by atoms with Gasteiger partial charge in [-0.05, 0) is 12.8 Å². The highest BCUT2D eigenvalue weighted by Crippen LogP contribution is 2.35. The molecule has 19 heavy (non-hydrogen) atoms. The lowest BCUT2D eigenvalue weighted by Gasteiger charge is -2.31. The molecule has 0 unspecified atom stereocenters. The van der Waals surface area contributed by atoms with E-state index in [0.717, 1.165) is 19.5 Å². The average molecular weight is 261 g/mol. The van der Waals surface area contributed by atoms with Gasteiger partial charge < -0.3 is 9.88 Å². The first-order valence-electron chi connectivity index (χ1n) is 7.88. The Hall–Kier alpha value is -0.830. The molecule has 0 saturated heterocycles. The molecule has 1 aliphatic carbocycles. The van der Waals surface area contributed by atoms with E-state index in [4.69, 9.17) is 4.98 Å². The molecule has 3 rings (SSSR count). The van der Waals surface area contributed by atoms with Crippen molar-refractivity contribution in [2.75, 3.05) is 6.54 Å². The highest BCUT2D eigenvalue weighted by Gasteiger charge is 2.30. The van der Waals surface area contributed by atoms with Crippen molar-refractivity contribution in [2.24, 2.45) is 0 Å². The molecule has 0 aromatic carbocycles. The van der Waals surface area contributed by atoms with E-state index >= 15 is 0 Å². The fourth-order valence-electron chi connectivity index (χ4n) is 3.59. The maximum absolute atomic E-state index is 5.00. The Bertz CT molecular complexity index is 447. The summed E-state index contributed by atoms with van der Waals surface area (Å²) in [5, 5.41) is 3.46. The highest BCUT2D eigenvalue weighted by atomic mass is 15.2. The molecule has 1 aromatic rings. The number of nitrogens with one attached hydrogen (secondary N) is 1. The SMILES string of the molecule is CC(C)(C)c1nc2c(n1C1CCCCC1)CCNC2. The largest absolute Gasteiger partial charge is 0.328 e. The molecule has 0 radical (unpaired) electrons. The third kappa shape index (κ3) is 2.45. The lowest BCUT2D eigenvalue weighted by molar-refractivity contribution is 0.323. The molecule has 1 N–H and O–H groups in total. The van der Waals surface area contributed by atoms with Crippen LogP contribution in [0.2, 0.25) is 0 Å². The Labute approximate surface area is 116 Å². The molecular weight excluding hydrogens is 234 g/mol. The Morgan fingerprint density at radius 1 is 1.16 bits per heavy atom. The standard InChI is InChI=1S/C16H27N3/c1-16(2,3)15-18-13-11-17-10-9-14(13)19(15)12-7-5-4-6-8-12/h12,17H,4-11H2,1-3H3. The fraction of sp³-hybridized carbons (Fsp3) is 0.812. The zero-order chi connectivity index (χ0) is 13.5. The first-order chi connectivity index (χ1) is 9.07. The van der Waals surface area contributed by atoms with Gasteiger partial charge in [0.2, 0.25) is 0 Å². The van der Waals surface area contributed by atoms with Crippen LogP contribution in [0.25, 0.3) is 0 Å². The lowest BCUT2D eigenvalue weighted by atomic mass is 9.91. The number of hydrogen-bond acceptors (Lipinski definition) is 2. The first kappa shape index (κ1) is 13.2. The van der Waals surface area contributed by atoms with E-state index in [2.05, 4.69) is 30.7 Å². The second kappa shape index (κ2) is 4.93. The van der Waals surface area contributed by atoms with Crippen LogP contribution in [0.15, 0.2) is 0 Å².